The maximum atomic E-state index is 10.9. The summed E-state index contributed by atoms with van der Waals surface area (Å²) < 4.78 is 0. The molecule has 1 heterocycles. The Kier molecular flexibility index (Phi) is 5.48. The molecule has 20 heavy (non-hydrogen) atoms. The molecule has 0 aromatic carbocycles. The summed E-state index contributed by atoms with van der Waals surface area (Å²) >= 11 is 0. The topological polar surface area (TPSA) is 40.5 Å². The van der Waals surface area contributed by atoms with Crippen LogP contribution >= 0.6 is 0 Å². The van der Waals surface area contributed by atoms with Gasteiger partial charge in [-0.05, 0) is 62.3 Å². The maximum Gasteiger partial charge on any atom is 0.303 e. The van der Waals surface area contributed by atoms with E-state index in [0.717, 1.165) is 24.4 Å². The monoisotopic (exact) mass is 281 g/mol. The van der Waals surface area contributed by atoms with Crippen LogP contribution in [-0.2, 0) is 4.79 Å². The van der Waals surface area contributed by atoms with Crippen molar-refractivity contribution >= 4 is 5.97 Å². The lowest BCUT2D eigenvalue weighted by Crippen LogP contribution is -2.46. The molecule has 3 heteroatoms. The molecule has 0 radical (unpaired) electrons. The Morgan fingerprint density at radius 1 is 1.25 bits per heavy atom. The smallest absolute Gasteiger partial charge is 0.303 e. The minimum Gasteiger partial charge on any atom is -0.481 e. The van der Waals surface area contributed by atoms with Crippen molar-refractivity contribution in [1.29, 1.82) is 0 Å². The van der Waals surface area contributed by atoms with E-state index in [4.69, 9.17) is 5.11 Å². The van der Waals surface area contributed by atoms with E-state index in [1.807, 2.05) is 0 Å². The third-order valence-corrected chi connectivity index (χ3v) is 5.88. The highest BCUT2D eigenvalue weighted by molar-refractivity contribution is 5.67. The molecule has 5 unspecified atom stereocenters. The van der Waals surface area contributed by atoms with Crippen molar-refractivity contribution in [3.63, 3.8) is 0 Å². The zero-order chi connectivity index (χ0) is 14.7. The first-order valence-corrected chi connectivity index (χ1v) is 8.43. The van der Waals surface area contributed by atoms with Gasteiger partial charge in [-0.25, -0.2) is 0 Å². The summed E-state index contributed by atoms with van der Waals surface area (Å²) in [7, 11) is 0. The summed E-state index contributed by atoms with van der Waals surface area (Å²) in [5, 5.41) is 8.98. The van der Waals surface area contributed by atoms with Crippen LogP contribution in [0.3, 0.4) is 0 Å². The second-order valence-electron chi connectivity index (χ2n) is 7.39. The minimum atomic E-state index is -0.644. The van der Waals surface area contributed by atoms with Crippen molar-refractivity contribution < 1.29 is 9.90 Å². The summed E-state index contributed by atoms with van der Waals surface area (Å²) in [5.41, 5.74) is 0. The standard InChI is InChI=1S/C17H31NO2/c1-12-6-7-16(9-13(12)2)18-8-4-5-15(11-18)14(3)10-17(19)20/h12-16H,4-11H2,1-3H3,(H,19,20). The van der Waals surface area contributed by atoms with Crippen LogP contribution in [0.25, 0.3) is 0 Å². The van der Waals surface area contributed by atoms with E-state index < -0.39 is 5.97 Å². The predicted molar refractivity (Wildman–Crippen MR) is 81.7 cm³/mol. The largest absolute Gasteiger partial charge is 0.481 e. The maximum absolute atomic E-state index is 10.9. The first-order chi connectivity index (χ1) is 9.47. The molecule has 0 amide bonds. The average Bonchev–Trinajstić information content (AvgIpc) is 2.41. The molecule has 1 aliphatic carbocycles. The number of carboxylic acid groups (broad SMARTS) is 1. The van der Waals surface area contributed by atoms with Gasteiger partial charge in [0.15, 0.2) is 0 Å². The Morgan fingerprint density at radius 3 is 2.65 bits per heavy atom. The number of piperidine rings is 1. The van der Waals surface area contributed by atoms with Gasteiger partial charge >= 0.3 is 5.97 Å². The number of likely N-dealkylation sites (tertiary alicyclic amines) is 1. The molecule has 0 aromatic heterocycles. The van der Waals surface area contributed by atoms with E-state index in [0.29, 0.717) is 18.3 Å². The van der Waals surface area contributed by atoms with E-state index in [9.17, 15) is 4.79 Å². The van der Waals surface area contributed by atoms with Gasteiger partial charge in [0.25, 0.3) is 0 Å². The van der Waals surface area contributed by atoms with Gasteiger partial charge in [0.2, 0.25) is 0 Å². The van der Waals surface area contributed by atoms with Crippen LogP contribution in [0.2, 0.25) is 0 Å². The molecule has 0 aromatic rings. The first kappa shape index (κ1) is 15.8. The molecule has 5 atom stereocenters. The molecule has 1 aliphatic heterocycles. The second kappa shape index (κ2) is 6.93. The second-order valence-corrected chi connectivity index (χ2v) is 7.39. The molecular formula is C17H31NO2. The molecule has 0 bridgehead atoms. The zero-order valence-corrected chi connectivity index (χ0v) is 13.3. The average molecular weight is 281 g/mol. The summed E-state index contributed by atoms with van der Waals surface area (Å²) in [6.07, 6.45) is 6.82. The van der Waals surface area contributed by atoms with E-state index in [-0.39, 0.29) is 0 Å². The van der Waals surface area contributed by atoms with Gasteiger partial charge in [0.05, 0.1) is 0 Å². The molecule has 2 rings (SSSR count). The van der Waals surface area contributed by atoms with E-state index >= 15 is 0 Å². The molecule has 2 fully saturated rings. The number of carbonyl (C=O) groups is 1. The van der Waals surface area contributed by atoms with Gasteiger partial charge < -0.3 is 10.0 Å². The minimum absolute atomic E-state index is 0.315. The lowest BCUT2D eigenvalue weighted by molar-refractivity contribution is -0.138. The number of rotatable bonds is 4. The Balaban J connectivity index is 1.88. The first-order valence-electron chi connectivity index (χ1n) is 8.43. The van der Waals surface area contributed by atoms with Crippen LogP contribution in [0.4, 0.5) is 0 Å². The van der Waals surface area contributed by atoms with Gasteiger partial charge in [-0.3, -0.25) is 4.79 Å². The van der Waals surface area contributed by atoms with Gasteiger partial charge in [-0.2, -0.15) is 0 Å². The fourth-order valence-electron chi connectivity index (χ4n) is 4.13. The molecule has 116 valence electrons. The summed E-state index contributed by atoms with van der Waals surface area (Å²) in [5.74, 6) is 1.96. The Bertz CT molecular complexity index is 331. The number of carboxylic acids is 1. The number of hydrogen-bond donors (Lipinski definition) is 1. The van der Waals surface area contributed by atoms with Crippen molar-refractivity contribution in [3.05, 3.63) is 0 Å². The van der Waals surface area contributed by atoms with Gasteiger partial charge in [-0.15, -0.1) is 0 Å². The molecule has 3 nitrogen and oxygen atoms in total. The van der Waals surface area contributed by atoms with Crippen LogP contribution in [0.1, 0.15) is 59.3 Å². The molecule has 2 aliphatic rings. The van der Waals surface area contributed by atoms with Crippen LogP contribution in [-0.4, -0.2) is 35.1 Å². The van der Waals surface area contributed by atoms with Crippen molar-refractivity contribution in [1.82, 2.24) is 4.90 Å². The highest BCUT2D eigenvalue weighted by Crippen LogP contribution is 2.35. The predicted octanol–water partition coefficient (Wildman–Crippen LogP) is 3.63. The zero-order valence-electron chi connectivity index (χ0n) is 13.3. The van der Waals surface area contributed by atoms with Crippen molar-refractivity contribution in [2.24, 2.45) is 23.7 Å². The van der Waals surface area contributed by atoms with E-state index in [2.05, 4.69) is 25.7 Å². The third-order valence-electron chi connectivity index (χ3n) is 5.88. The van der Waals surface area contributed by atoms with E-state index in [1.165, 1.54) is 38.6 Å². The summed E-state index contributed by atoms with van der Waals surface area (Å²) in [4.78, 5) is 13.6. The normalized spacial score (nSPS) is 37.5. The number of nitrogens with zero attached hydrogens (tertiary/aromatic N) is 1. The van der Waals surface area contributed by atoms with Gasteiger partial charge in [0, 0.05) is 19.0 Å². The third kappa shape index (κ3) is 3.97. The Morgan fingerprint density at radius 2 is 2.00 bits per heavy atom. The van der Waals surface area contributed by atoms with Gasteiger partial charge in [-0.1, -0.05) is 20.8 Å². The summed E-state index contributed by atoms with van der Waals surface area (Å²) in [6, 6.07) is 0.751. The number of aliphatic carboxylic acids is 1. The van der Waals surface area contributed by atoms with Crippen LogP contribution in [0, 0.1) is 23.7 Å². The molecular weight excluding hydrogens is 250 g/mol. The lowest BCUT2D eigenvalue weighted by Gasteiger charge is -2.44. The van der Waals surface area contributed by atoms with Crippen LogP contribution in [0.5, 0.6) is 0 Å². The highest BCUT2D eigenvalue weighted by Gasteiger charge is 2.33. The van der Waals surface area contributed by atoms with Crippen LogP contribution < -0.4 is 0 Å². The Labute approximate surface area is 123 Å². The molecule has 1 saturated carbocycles. The lowest BCUT2D eigenvalue weighted by atomic mass is 9.77. The SMILES string of the molecule is CC1CCC(N2CCCC(C(C)CC(=O)O)C2)CC1C. The van der Waals surface area contributed by atoms with E-state index in [1.54, 1.807) is 0 Å². The van der Waals surface area contributed by atoms with Crippen molar-refractivity contribution in [3.8, 4) is 0 Å². The number of hydrogen-bond acceptors (Lipinski definition) is 2. The highest BCUT2D eigenvalue weighted by atomic mass is 16.4. The molecule has 0 spiro atoms. The van der Waals surface area contributed by atoms with Gasteiger partial charge in [0.1, 0.15) is 0 Å². The van der Waals surface area contributed by atoms with Crippen LogP contribution in [0.15, 0.2) is 0 Å². The fourth-order valence-corrected chi connectivity index (χ4v) is 4.13. The van der Waals surface area contributed by atoms with Crippen molar-refractivity contribution in [2.75, 3.05) is 13.1 Å². The summed E-state index contributed by atoms with van der Waals surface area (Å²) in [6.45, 7) is 9.25. The Hall–Kier alpha value is -0.570. The quantitative estimate of drug-likeness (QED) is 0.855. The molecule has 1 N–H and O–H groups in total. The fraction of sp³-hybridized carbons (Fsp3) is 0.941. The van der Waals surface area contributed by atoms with Crippen molar-refractivity contribution in [2.45, 2.75) is 65.3 Å². The molecule has 1 saturated heterocycles.